The summed E-state index contributed by atoms with van der Waals surface area (Å²) in [5.41, 5.74) is -6.57. The summed E-state index contributed by atoms with van der Waals surface area (Å²) >= 11 is 1.25. The van der Waals surface area contributed by atoms with Gasteiger partial charge in [-0.25, -0.2) is 0 Å². The summed E-state index contributed by atoms with van der Waals surface area (Å²) in [4.78, 5) is 37.0. The number of alkyl halides is 6. The molecule has 1 aliphatic rings. The maximum Gasteiger partial charge on any atom is 0.430 e. The van der Waals surface area contributed by atoms with Gasteiger partial charge in [-0.15, -0.1) is 0 Å². The summed E-state index contributed by atoms with van der Waals surface area (Å²) < 4.78 is 78.7. The van der Waals surface area contributed by atoms with Crippen molar-refractivity contribution in [3.63, 3.8) is 0 Å². The molecule has 0 saturated carbocycles. The van der Waals surface area contributed by atoms with Crippen LogP contribution in [0, 0.1) is 3.57 Å². The topological polar surface area (TPSA) is 77.9 Å². The van der Waals surface area contributed by atoms with E-state index in [0.29, 0.717) is 6.07 Å². The number of aliphatic hydroxyl groups is 1. The predicted molar refractivity (Wildman–Crippen MR) is 102 cm³/mol. The SMILES string of the molecule is CN(Cc1ccc([125I])c(C(O)(C(F)(F)F)C(F)(F)F)c1)C(=O)CCN1C(=O)C=CC1=O. The van der Waals surface area contributed by atoms with E-state index in [4.69, 9.17) is 0 Å². The number of hydrogen-bond donors (Lipinski definition) is 1. The van der Waals surface area contributed by atoms with Gasteiger partial charge >= 0.3 is 12.4 Å². The van der Waals surface area contributed by atoms with Crippen LogP contribution in [0.15, 0.2) is 30.4 Å². The van der Waals surface area contributed by atoms with Gasteiger partial charge in [-0.2, -0.15) is 26.3 Å². The quantitative estimate of drug-likeness (QED) is 0.329. The van der Waals surface area contributed by atoms with E-state index in [1.54, 1.807) is 0 Å². The second-order valence-electron chi connectivity index (χ2n) is 6.68. The molecule has 13 heteroatoms. The van der Waals surface area contributed by atoms with Crippen molar-refractivity contribution in [1.29, 1.82) is 0 Å². The van der Waals surface area contributed by atoms with Crippen molar-refractivity contribution < 1.29 is 45.8 Å². The Morgan fingerprint density at radius 2 is 1.58 bits per heavy atom. The van der Waals surface area contributed by atoms with E-state index >= 15 is 0 Å². The molecule has 3 amide bonds. The van der Waals surface area contributed by atoms with E-state index in [1.807, 2.05) is 0 Å². The zero-order valence-electron chi connectivity index (χ0n) is 15.7. The number of benzene rings is 1. The Morgan fingerprint density at radius 3 is 2.06 bits per heavy atom. The Labute approximate surface area is 185 Å². The molecule has 0 unspecified atom stereocenters. The molecular weight excluding hydrogens is 547 g/mol. The minimum Gasteiger partial charge on any atom is -0.369 e. The van der Waals surface area contributed by atoms with Crippen LogP contribution < -0.4 is 0 Å². The normalized spacial score (nSPS) is 15.1. The molecule has 0 bridgehead atoms. The number of hydrogen-bond acceptors (Lipinski definition) is 4. The molecule has 6 nitrogen and oxygen atoms in total. The van der Waals surface area contributed by atoms with Crippen LogP contribution in [0.5, 0.6) is 0 Å². The van der Waals surface area contributed by atoms with E-state index in [0.717, 1.165) is 28.0 Å². The first-order valence-electron chi connectivity index (χ1n) is 8.52. The van der Waals surface area contributed by atoms with Crippen molar-refractivity contribution in [2.45, 2.75) is 30.9 Å². The Balaban J connectivity index is 2.20. The van der Waals surface area contributed by atoms with Gasteiger partial charge in [-0.05, 0) is 40.3 Å². The van der Waals surface area contributed by atoms with E-state index in [-0.39, 0.29) is 25.1 Å². The van der Waals surface area contributed by atoms with Crippen molar-refractivity contribution in [2.24, 2.45) is 0 Å². The first-order chi connectivity index (χ1) is 14.1. The highest BCUT2D eigenvalue weighted by Gasteiger charge is 2.72. The first kappa shape index (κ1) is 25.1. The fraction of sp³-hybridized carbons (Fsp3) is 0.389. The lowest BCUT2D eigenvalue weighted by molar-refractivity contribution is -0.376. The van der Waals surface area contributed by atoms with Crippen molar-refractivity contribution >= 4 is 40.3 Å². The predicted octanol–water partition coefficient (Wildman–Crippen LogP) is 2.88. The zero-order valence-corrected chi connectivity index (χ0v) is 17.9. The van der Waals surface area contributed by atoms with Crippen molar-refractivity contribution in [2.75, 3.05) is 13.6 Å². The average molecular weight is 562 g/mol. The molecule has 0 aliphatic carbocycles. The summed E-state index contributed by atoms with van der Waals surface area (Å²) in [7, 11) is 1.26. The number of halogens is 7. The second-order valence-corrected chi connectivity index (χ2v) is 7.84. The summed E-state index contributed by atoms with van der Waals surface area (Å²) in [6.45, 7) is -0.595. The smallest absolute Gasteiger partial charge is 0.369 e. The van der Waals surface area contributed by atoms with E-state index in [1.165, 1.54) is 35.7 Å². The molecule has 170 valence electrons. The highest BCUT2D eigenvalue weighted by Crippen LogP contribution is 2.51. The standard InChI is InChI=1S/C18H15F6IN2O4/c1-26(13(28)6-7-27-14(29)4-5-15(27)30)9-10-2-3-12(25)11(8-10)16(31,17(19,20)21)18(22,23)24/h2-5,8,31H,6-7,9H2,1H3/i25-2. The lowest BCUT2D eigenvalue weighted by Crippen LogP contribution is -2.54. The van der Waals surface area contributed by atoms with Gasteiger partial charge in [0.1, 0.15) is 0 Å². The average Bonchev–Trinajstić information content (AvgIpc) is 2.96. The van der Waals surface area contributed by atoms with E-state index in [9.17, 15) is 45.8 Å². The van der Waals surface area contributed by atoms with Crippen LogP contribution in [0.25, 0.3) is 0 Å². The Kier molecular flexibility index (Phi) is 7.10. The van der Waals surface area contributed by atoms with Crippen LogP contribution >= 0.6 is 22.6 Å². The highest BCUT2D eigenvalue weighted by atomic mass is 125. The summed E-state index contributed by atoms with van der Waals surface area (Å²) in [5, 5.41) is 9.65. The molecule has 31 heavy (non-hydrogen) atoms. The fourth-order valence-corrected chi connectivity index (χ4v) is 3.55. The minimum atomic E-state index is -6.03. The Hall–Kier alpha value is -2.16. The van der Waals surface area contributed by atoms with Crippen LogP contribution in [0.1, 0.15) is 17.5 Å². The van der Waals surface area contributed by atoms with E-state index in [2.05, 4.69) is 0 Å². The van der Waals surface area contributed by atoms with Gasteiger partial charge in [-0.3, -0.25) is 19.3 Å². The number of rotatable bonds is 6. The minimum absolute atomic E-state index is 0.0896. The molecule has 1 aliphatic heterocycles. The number of amides is 3. The number of carbonyl (C=O) groups excluding carboxylic acids is 3. The van der Waals surface area contributed by atoms with Crippen LogP contribution in [-0.2, 0) is 26.5 Å². The summed E-state index contributed by atoms with van der Waals surface area (Å²) in [6.07, 6.45) is -10.3. The zero-order chi connectivity index (χ0) is 23.8. The number of carbonyl (C=O) groups is 3. The maximum atomic E-state index is 13.2. The van der Waals surface area contributed by atoms with Crippen molar-refractivity contribution in [3.8, 4) is 0 Å². The number of nitrogens with zero attached hydrogens (tertiary/aromatic N) is 2. The van der Waals surface area contributed by atoms with Gasteiger partial charge in [0.25, 0.3) is 17.4 Å². The first-order valence-corrected chi connectivity index (χ1v) is 9.59. The lowest BCUT2D eigenvalue weighted by atomic mass is 9.91. The largest absolute Gasteiger partial charge is 0.430 e. The number of imide groups is 1. The van der Waals surface area contributed by atoms with Crippen molar-refractivity contribution in [1.82, 2.24) is 9.80 Å². The summed E-state index contributed by atoms with van der Waals surface area (Å²) in [5.74, 6) is -1.79. The molecule has 0 spiro atoms. The Bertz CT molecular complexity index is 897. The van der Waals surface area contributed by atoms with E-state index < -0.39 is 44.8 Å². The third kappa shape index (κ3) is 5.02. The molecule has 0 radical (unpaired) electrons. The van der Waals surface area contributed by atoms with Gasteiger partial charge in [0.2, 0.25) is 5.91 Å². The monoisotopic (exact) mass is 562 g/mol. The third-order valence-corrected chi connectivity index (χ3v) is 5.48. The Morgan fingerprint density at radius 1 is 1.06 bits per heavy atom. The molecule has 1 aromatic carbocycles. The fourth-order valence-electron chi connectivity index (χ4n) is 2.83. The molecule has 0 fully saturated rings. The lowest BCUT2D eigenvalue weighted by Gasteiger charge is -2.33. The molecular formula is C18H15F6IN2O4. The maximum absolute atomic E-state index is 13.2. The highest BCUT2D eigenvalue weighted by molar-refractivity contribution is 14.1. The van der Waals surface area contributed by atoms with Gasteiger partial charge in [0, 0.05) is 47.8 Å². The molecule has 1 aromatic rings. The van der Waals surface area contributed by atoms with Gasteiger partial charge < -0.3 is 10.0 Å². The molecule has 1 heterocycles. The van der Waals surface area contributed by atoms with Gasteiger partial charge in [0.15, 0.2) is 0 Å². The van der Waals surface area contributed by atoms with Crippen LogP contribution in [-0.4, -0.2) is 58.6 Å². The second kappa shape index (κ2) is 8.76. The van der Waals surface area contributed by atoms with Crippen LogP contribution in [0.2, 0.25) is 0 Å². The molecule has 2 rings (SSSR count). The van der Waals surface area contributed by atoms with Gasteiger partial charge in [-0.1, -0.05) is 6.07 Å². The molecule has 0 saturated heterocycles. The van der Waals surface area contributed by atoms with Gasteiger partial charge in [0.05, 0.1) is 0 Å². The molecule has 1 N–H and O–H groups in total. The third-order valence-electron chi connectivity index (χ3n) is 4.54. The van der Waals surface area contributed by atoms with Crippen LogP contribution in [0.3, 0.4) is 0 Å². The molecule has 0 aromatic heterocycles. The van der Waals surface area contributed by atoms with Crippen LogP contribution in [0.4, 0.5) is 26.3 Å². The van der Waals surface area contributed by atoms with Crippen molar-refractivity contribution in [3.05, 3.63) is 45.0 Å². The molecule has 0 atom stereocenters. The summed E-state index contributed by atoms with van der Waals surface area (Å²) in [6, 6.07) is 2.74.